The lowest BCUT2D eigenvalue weighted by Gasteiger charge is -2.22. The average molecular weight is 258 g/mol. The van der Waals surface area contributed by atoms with Gasteiger partial charge in [-0.15, -0.1) is 0 Å². The third kappa shape index (κ3) is 8.98. The second kappa shape index (κ2) is 9.88. The normalized spacial score (nSPS) is 10.7. The van der Waals surface area contributed by atoms with Crippen LogP contribution >= 0.6 is 0 Å². The fourth-order valence-corrected chi connectivity index (χ4v) is 1.79. The van der Waals surface area contributed by atoms with Crippen LogP contribution in [0, 0.1) is 5.92 Å². The Bertz CT molecular complexity index is 255. The van der Waals surface area contributed by atoms with Crippen molar-refractivity contribution in [3.05, 3.63) is 0 Å². The molecule has 0 atom stereocenters. The number of nitrogens with zero attached hydrogens (tertiary/aromatic N) is 1. The van der Waals surface area contributed by atoms with Crippen LogP contribution in [-0.4, -0.2) is 41.5 Å². The molecule has 0 saturated carbocycles. The predicted octanol–water partition coefficient (Wildman–Crippen LogP) is 1.46. The van der Waals surface area contributed by atoms with Crippen LogP contribution in [0.3, 0.4) is 0 Å². The van der Waals surface area contributed by atoms with Crippen molar-refractivity contribution in [3.63, 3.8) is 0 Å². The van der Waals surface area contributed by atoms with E-state index in [4.69, 9.17) is 10.8 Å². The van der Waals surface area contributed by atoms with Crippen LogP contribution in [0.5, 0.6) is 0 Å². The van der Waals surface area contributed by atoms with Gasteiger partial charge in [-0.3, -0.25) is 9.59 Å². The first kappa shape index (κ1) is 16.9. The van der Waals surface area contributed by atoms with Crippen molar-refractivity contribution in [3.8, 4) is 0 Å². The summed E-state index contributed by atoms with van der Waals surface area (Å²) in [7, 11) is 0. The standard InChI is InChI=1S/C13H26N2O3/c1-11(2)9-15(10-13(17)18)12(16)7-5-3-4-6-8-14/h11H,3-10,14H2,1-2H3,(H,17,18). The van der Waals surface area contributed by atoms with Crippen LogP contribution in [0.25, 0.3) is 0 Å². The Hall–Kier alpha value is -1.10. The summed E-state index contributed by atoms with van der Waals surface area (Å²) in [5.74, 6) is -0.725. The lowest BCUT2D eigenvalue weighted by Crippen LogP contribution is -2.38. The number of aliphatic carboxylic acids is 1. The van der Waals surface area contributed by atoms with Gasteiger partial charge in [-0.25, -0.2) is 0 Å². The first-order valence-corrected chi connectivity index (χ1v) is 6.67. The molecule has 0 spiro atoms. The van der Waals surface area contributed by atoms with Gasteiger partial charge in [0.25, 0.3) is 0 Å². The molecule has 18 heavy (non-hydrogen) atoms. The maximum atomic E-state index is 11.9. The van der Waals surface area contributed by atoms with Crippen LogP contribution < -0.4 is 5.73 Å². The molecule has 3 N–H and O–H groups in total. The van der Waals surface area contributed by atoms with Gasteiger partial charge in [-0.2, -0.15) is 0 Å². The summed E-state index contributed by atoms with van der Waals surface area (Å²) in [4.78, 5) is 24.0. The van der Waals surface area contributed by atoms with E-state index in [2.05, 4.69) is 0 Å². The Balaban J connectivity index is 4.00. The summed E-state index contributed by atoms with van der Waals surface area (Å²) in [5.41, 5.74) is 5.39. The second-order valence-electron chi connectivity index (χ2n) is 5.01. The number of rotatable bonds is 10. The molecule has 0 rings (SSSR count). The smallest absolute Gasteiger partial charge is 0.323 e. The quantitative estimate of drug-likeness (QED) is 0.581. The largest absolute Gasteiger partial charge is 0.480 e. The molecule has 5 nitrogen and oxygen atoms in total. The Morgan fingerprint density at radius 1 is 1.17 bits per heavy atom. The van der Waals surface area contributed by atoms with Crippen LogP contribution in [0.4, 0.5) is 0 Å². The van der Waals surface area contributed by atoms with E-state index in [9.17, 15) is 9.59 Å². The van der Waals surface area contributed by atoms with Crippen LogP contribution in [0.2, 0.25) is 0 Å². The first-order chi connectivity index (χ1) is 8.47. The molecule has 0 heterocycles. The van der Waals surface area contributed by atoms with Crippen molar-refractivity contribution >= 4 is 11.9 Å². The Morgan fingerprint density at radius 2 is 1.78 bits per heavy atom. The zero-order chi connectivity index (χ0) is 14.0. The van der Waals surface area contributed by atoms with Crippen molar-refractivity contribution in [2.45, 2.75) is 46.0 Å². The van der Waals surface area contributed by atoms with Crippen molar-refractivity contribution in [1.82, 2.24) is 4.90 Å². The van der Waals surface area contributed by atoms with Crippen molar-refractivity contribution in [2.24, 2.45) is 11.7 Å². The van der Waals surface area contributed by atoms with Gasteiger partial charge in [-0.05, 0) is 25.3 Å². The number of amides is 1. The maximum Gasteiger partial charge on any atom is 0.323 e. The van der Waals surface area contributed by atoms with E-state index in [-0.39, 0.29) is 18.4 Å². The van der Waals surface area contributed by atoms with Crippen molar-refractivity contribution in [2.75, 3.05) is 19.6 Å². The van der Waals surface area contributed by atoms with Gasteiger partial charge < -0.3 is 15.7 Å². The minimum Gasteiger partial charge on any atom is -0.480 e. The number of hydrogen-bond donors (Lipinski definition) is 2. The van der Waals surface area contributed by atoms with E-state index >= 15 is 0 Å². The summed E-state index contributed by atoms with van der Waals surface area (Å²) in [6.45, 7) is 4.95. The van der Waals surface area contributed by atoms with E-state index in [0.717, 1.165) is 25.7 Å². The van der Waals surface area contributed by atoms with E-state index in [1.54, 1.807) is 0 Å². The fraction of sp³-hybridized carbons (Fsp3) is 0.846. The third-order valence-corrected chi connectivity index (χ3v) is 2.61. The summed E-state index contributed by atoms with van der Waals surface area (Å²) in [6.07, 6.45) is 4.25. The monoisotopic (exact) mass is 258 g/mol. The summed E-state index contributed by atoms with van der Waals surface area (Å²) < 4.78 is 0. The summed E-state index contributed by atoms with van der Waals surface area (Å²) in [6, 6.07) is 0. The zero-order valence-electron chi connectivity index (χ0n) is 11.5. The number of carbonyl (C=O) groups excluding carboxylic acids is 1. The van der Waals surface area contributed by atoms with Gasteiger partial charge >= 0.3 is 5.97 Å². The molecule has 106 valence electrons. The number of nitrogens with two attached hydrogens (primary N) is 1. The highest BCUT2D eigenvalue weighted by Gasteiger charge is 2.17. The number of carboxylic acids is 1. The average Bonchev–Trinajstić information content (AvgIpc) is 2.26. The van der Waals surface area contributed by atoms with E-state index in [1.165, 1.54) is 4.90 Å². The molecule has 0 radical (unpaired) electrons. The van der Waals surface area contributed by atoms with E-state index < -0.39 is 5.97 Å². The van der Waals surface area contributed by atoms with Crippen LogP contribution in [0.15, 0.2) is 0 Å². The number of unbranched alkanes of at least 4 members (excludes halogenated alkanes) is 3. The molecule has 0 bridgehead atoms. The Labute approximate surface area is 109 Å². The minimum absolute atomic E-state index is 0.0566. The molecule has 0 fully saturated rings. The van der Waals surface area contributed by atoms with Gasteiger partial charge in [0.1, 0.15) is 6.54 Å². The Kier molecular flexibility index (Phi) is 9.28. The zero-order valence-corrected chi connectivity index (χ0v) is 11.5. The molecule has 0 aliphatic heterocycles. The maximum absolute atomic E-state index is 11.9. The van der Waals surface area contributed by atoms with Crippen LogP contribution in [0.1, 0.15) is 46.0 Å². The van der Waals surface area contributed by atoms with Gasteiger partial charge in [0.2, 0.25) is 5.91 Å². The SMILES string of the molecule is CC(C)CN(CC(=O)O)C(=O)CCCCCCN. The molecule has 0 aromatic rings. The molecule has 0 saturated heterocycles. The van der Waals surface area contributed by atoms with Crippen molar-refractivity contribution in [1.29, 1.82) is 0 Å². The lowest BCUT2D eigenvalue weighted by atomic mass is 10.1. The molecule has 0 aromatic carbocycles. The first-order valence-electron chi connectivity index (χ1n) is 6.67. The van der Waals surface area contributed by atoms with Crippen molar-refractivity contribution < 1.29 is 14.7 Å². The number of carbonyl (C=O) groups is 2. The molecular formula is C13H26N2O3. The van der Waals surface area contributed by atoms with E-state index in [0.29, 0.717) is 19.5 Å². The highest BCUT2D eigenvalue weighted by molar-refractivity contribution is 5.81. The molecule has 0 aromatic heterocycles. The number of hydrogen-bond acceptors (Lipinski definition) is 3. The van der Waals surface area contributed by atoms with Gasteiger partial charge in [0.15, 0.2) is 0 Å². The topological polar surface area (TPSA) is 83.6 Å². The summed E-state index contributed by atoms with van der Waals surface area (Å²) in [5, 5.41) is 8.78. The Morgan fingerprint density at radius 3 is 2.28 bits per heavy atom. The molecule has 0 aliphatic rings. The summed E-state index contributed by atoms with van der Waals surface area (Å²) >= 11 is 0. The van der Waals surface area contributed by atoms with Crippen LogP contribution in [-0.2, 0) is 9.59 Å². The highest BCUT2D eigenvalue weighted by atomic mass is 16.4. The molecule has 0 unspecified atom stereocenters. The fourth-order valence-electron chi connectivity index (χ4n) is 1.79. The van der Waals surface area contributed by atoms with Gasteiger partial charge in [0.05, 0.1) is 0 Å². The predicted molar refractivity (Wildman–Crippen MR) is 71.2 cm³/mol. The lowest BCUT2D eigenvalue weighted by molar-refractivity contribution is -0.144. The molecule has 0 aliphatic carbocycles. The second-order valence-corrected chi connectivity index (χ2v) is 5.01. The third-order valence-electron chi connectivity index (χ3n) is 2.61. The number of carboxylic acid groups (broad SMARTS) is 1. The molecular weight excluding hydrogens is 232 g/mol. The van der Waals surface area contributed by atoms with Gasteiger partial charge in [-0.1, -0.05) is 26.7 Å². The van der Waals surface area contributed by atoms with E-state index in [1.807, 2.05) is 13.8 Å². The minimum atomic E-state index is -0.952. The molecule has 1 amide bonds. The highest BCUT2D eigenvalue weighted by Crippen LogP contribution is 2.07. The van der Waals surface area contributed by atoms with Gasteiger partial charge in [0, 0.05) is 13.0 Å². The molecule has 5 heteroatoms.